The van der Waals surface area contributed by atoms with Gasteiger partial charge in [-0.05, 0) is 56.0 Å². The van der Waals surface area contributed by atoms with E-state index in [1.165, 1.54) is 36.8 Å². The highest BCUT2D eigenvalue weighted by molar-refractivity contribution is 5.63. The summed E-state index contributed by atoms with van der Waals surface area (Å²) in [5.41, 5.74) is 3.59. The Morgan fingerprint density at radius 1 is 1.15 bits per heavy atom. The summed E-state index contributed by atoms with van der Waals surface area (Å²) in [5, 5.41) is 4.32. The first-order valence-corrected chi connectivity index (χ1v) is 9.52. The van der Waals surface area contributed by atoms with Gasteiger partial charge >= 0.3 is 0 Å². The highest BCUT2D eigenvalue weighted by atomic mass is 16.5. The fourth-order valence-corrected chi connectivity index (χ4v) is 4.65. The van der Waals surface area contributed by atoms with Gasteiger partial charge in [-0.2, -0.15) is 5.10 Å². The van der Waals surface area contributed by atoms with E-state index in [1.54, 1.807) is 6.20 Å². The molecule has 1 spiro atoms. The number of imidazole rings is 1. The van der Waals surface area contributed by atoms with E-state index in [2.05, 4.69) is 46.0 Å². The summed E-state index contributed by atoms with van der Waals surface area (Å²) in [7, 11) is 0. The second kappa shape index (κ2) is 6.09. The molecule has 26 heavy (non-hydrogen) atoms. The maximum atomic E-state index is 6.27. The summed E-state index contributed by atoms with van der Waals surface area (Å²) in [6.45, 7) is 2.94. The molecular weight excluding hydrogens is 324 g/mol. The Morgan fingerprint density at radius 2 is 2.04 bits per heavy atom. The molecule has 1 atom stereocenters. The standard InChI is InChI=1S/C21H24N4O/c1-16-13-17(25-11-4-9-23-25)5-6-19(16)20-22-10-12-24(20)18-14-21(26-15-18)7-2-3-8-21/h4-6,9-13,18H,2-3,7-8,14-15H2,1H3. The number of nitrogens with zero attached hydrogens (tertiary/aromatic N) is 4. The third kappa shape index (κ3) is 2.58. The third-order valence-corrected chi connectivity index (χ3v) is 5.99. The maximum Gasteiger partial charge on any atom is 0.140 e. The molecule has 1 aromatic carbocycles. The molecule has 2 fully saturated rings. The van der Waals surface area contributed by atoms with Gasteiger partial charge in [0.15, 0.2) is 0 Å². The normalized spacial score (nSPS) is 21.7. The molecule has 5 heteroatoms. The monoisotopic (exact) mass is 348 g/mol. The Labute approximate surface area is 153 Å². The van der Waals surface area contributed by atoms with Gasteiger partial charge in [-0.3, -0.25) is 0 Å². The van der Waals surface area contributed by atoms with E-state index < -0.39 is 0 Å². The van der Waals surface area contributed by atoms with Crippen LogP contribution in [0.2, 0.25) is 0 Å². The predicted molar refractivity (Wildman–Crippen MR) is 100 cm³/mol. The maximum absolute atomic E-state index is 6.27. The van der Waals surface area contributed by atoms with E-state index in [4.69, 9.17) is 4.74 Å². The SMILES string of the molecule is Cc1cc(-n2cccn2)ccc1-c1nccn1C1COC2(CCCC2)C1. The minimum Gasteiger partial charge on any atom is -0.373 e. The van der Waals surface area contributed by atoms with Crippen LogP contribution in [0.1, 0.15) is 43.7 Å². The number of aromatic nitrogens is 4. The van der Waals surface area contributed by atoms with Crippen LogP contribution in [0.5, 0.6) is 0 Å². The van der Waals surface area contributed by atoms with Crippen molar-refractivity contribution >= 4 is 0 Å². The topological polar surface area (TPSA) is 44.9 Å². The van der Waals surface area contributed by atoms with Crippen molar-refractivity contribution in [1.29, 1.82) is 0 Å². The van der Waals surface area contributed by atoms with Gasteiger partial charge in [0.05, 0.1) is 23.9 Å². The van der Waals surface area contributed by atoms with E-state index in [0.717, 1.165) is 24.5 Å². The summed E-state index contributed by atoms with van der Waals surface area (Å²) >= 11 is 0. The number of ether oxygens (including phenoxy) is 1. The number of hydrogen-bond acceptors (Lipinski definition) is 3. The van der Waals surface area contributed by atoms with Crippen LogP contribution < -0.4 is 0 Å². The summed E-state index contributed by atoms with van der Waals surface area (Å²) in [4.78, 5) is 4.68. The molecule has 2 aliphatic rings. The zero-order valence-corrected chi connectivity index (χ0v) is 15.1. The van der Waals surface area contributed by atoms with E-state index in [-0.39, 0.29) is 5.60 Å². The van der Waals surface area contributed by atoms with Crippen molar-refractivity contribution in [2.45, 2.75) is 50.7 Å². The Hall–Kier alpha value is -2.40. The molecular formula is C21H24N4O. The van der Waals surface area contributed by atoms with Crippen LogP contribution in [0.4, 0.5) is 0 Å². The van der Waals surface area contributed by atoms with Crippen molar-refractivity contribution in [2.75, 3.05) is 6.61 Å². The molecule has 1 unspecified atom stereocenters. The molecule has 1 aliphatic carbocycles. The quantitative estimate of drug-likeness (QED) is 0.708. The largest absolute Gasteiger partial charge is 0.373 e. The van der Waals surface area contributed by atoms with Crippen LogP contribution in [0.3, 0.4) is 0 Å². The minimum absolute atomic E-state index is 0.130. The molecule has 1 aliphatic heterocycles. The summed E-state index contributed by atoms with van der Waals surface area (Å²) in [6.07, 6.45) is 13.9. The smallest absolute Gasteiger partial charge is 0.140 e. The van der Waals surface area contributed by atoms with Crippen LogP contribution in [-0.2, 0) is 4.74 Å². The van der Waals surface area contributed by atoms with Crippen molar-refractivity contribution in [1.82, 2.24) is 19.3 Å². The fourth-order valence-electron chi connectivity index (χ4n) is 4.65. The molecule has 0 radical (unpaired) electrons. The zero-order chi connectivity index (χ0) is 17.6. The van der Waals surface area contributed by atoms with Crippen molar-refractivity contribution in [2.24, 2.45) is 0 Å². The van der Waals surface area contributed by atoms with Gasteiger partial charge in [0.1, 0.15) is 5.82 Å². The second-order valence-corrected chi connectivity index (χ2v) is 7.67. The Bertz CT molecular complexity index is 906. The lowest BCUT2D eigenvalue weighted by molar-refractivity contribution is 0.00960. The Morgan fingerprint density at radius 3 is 2.81 bits per heavy atom. The van der Waals surface area contributed by atoms with Crippen molar-refractivity contribution in [3.05, 3.63) is 54.6 Å². The minimum atomic E-state index is 0.130. The van der Waals surface area contributed by atoms with Crippen LogP contribution in [0, 0.1) is 6.92 Å². The molecule has 3 aromatic rings. The third-order valence-electron chi connectivity index (χ3n) is 5.99. The first kappa shape index (κ1) is 15.8. The first-order valence-electron chi connectivity index (χ1n) is 9.52. The van der Waals surface area contributed by atoms with Crippen molar-refractivity contribution in [3.63, 3.8) is 0 Å². The lowest BCUT2D eigenvalue weighted by atomic mass is 9.96. The number of benzene rings is 1. The van der Waals surface area contributed by atoms with Gasteiger partial charge in [0.2, 0.25) is 0 Å². The van der Waals surface area contributed by atoms with Gasteiger partial charge in [0.25, 0.3) is 0 Å². The van der Waals surface area contributed by atoms with E-state index in [9.17, 15) is 0 Å². The lowest BCUT2D eigenvalue weighted by Crippen LogP contribution is -2.23. The molecule has 1 saturated heterocycles. The Balaban J connectivity index is 1.46. The summed E-state index contributed by atoms with van der Waals surface area (Å²) in [5.74, 6) is 1.04. The average Bonchev–Trinajstić information content (AvgIpc) is 3.45. The fraction of sp³-hybridized carbons (Fsp3) is 0.429. The number of rotatable bonds is 3. The predicted octanol–water partition coefficient (Wildman–Crippen LogP) is 4.32. The Kier molecular flexibility index (Phi) is 3.71. The average molecular weight is 348 g/mol. The lowest BCUT2D eigenvalue weighted by Gasteiger charge is -2.22. The van der Waals surface area contributed by atoms with Crippen molar-refractivity contribution < 1.29 is 4.74 Å². The first-order chi connectivity index (χ1) is 12.7. The molecule has 0 bridgehead atoms. The molecule has 3 heterocycles. The highest BCUT2D eigenvalue weighted by Crippen LogP contribution is 2.45. The van der Waals surface area contributed by atoms with Crippen LogP contribution in [0.25, 0.3) is 17.1 Å². The zero-order valence-electron chi connectivity index (χ0n) is 15.1. The van der Waals surface area contributed by atoms with Gasteiger partial charge < -0.3 is 9.30 Å². The molecule has 1 saturated carbocycles. The molecule has 5 rings (SSSR count). The number of hydrogen-bond donors (Lipinski definition) is 0. The van der Waals surface area contributed by atoms with Gasteiger partial charge in [-0.1, -0.05) is 12.8 Å². The van der Waals surface area contributed by atoms with Gasteiger partial charge in [0, 0.05) is 30.4 Å². The summed E-state index contributed by atoms with van der Waals surface area (Å²) in [6, 6.07) is 8.76. The molecule has 0 amide bonds. The highest BCUT2D eigenvalue weighted by Gasteiger charge is 2.43. The van der Waals surface area contributed by atoms with E-state index >= 15 is 0 Å². The molecule has 0 N–H and O–H groups in total. The van der Waals surface area contributed by atoms with E-state index in [0.29, 0.717) is 6.04 Å². The number of aryl methyl sites for hydroxylation is 1. The molecule has 134 valence electrons. The molecule has 5 nitrogen and oxygen atoms in total. The van der Waals surface area contributed by atoms with Crippen LogP contribution in [0.15, 0.2) is 49.1 Å². The van der Waals surface area contributed by atoms with E-state index in [1.807, 2.05) is 23.1 Å². The molecule has 2 aromatic heterocycles. The van der Waals surface area contributed by atoms with Crippen LogP contribution >= 0.6 is 0 Å². The second-order valence-electron chi connectivity index (χ2n) is 7.67. The van der Waals surface area contributed by atoms with Gasteiger partial charge in [-0.15, -0.1) is 0 Å². The van der Waals surface area contributed by atoms with Gasteiger partial charge in [-0.25, -0.2) is 9.67 Å². The van der Waals surface area contributed by atoms with Crippen LogP contribution in [-0.4, -0.2) is 31.5 Å². The summed E-state index contributed by atoms with van der Waals surface area (Å²) < 4.78 is 10.5. The van der Waals surface area contributed by atoms with Crippen molar-refractivity contribution in [3.8, 4) is 17.1 Å².